The Hall–Kier alpha value is -2.22. The number of anilines is 2. The molecule has 1 fully saturated rings. The zero-order valence-electron chi connectivity index (χ0n) is 14.1. The maximum absolute atomic E-state index is 12.3. The monoisotopic (exact) mass is 321 g/mol. The third kappa shape index (κ3) is 4.38. The molecule has 8 heteroatoms. The van der Waals surface area contributed by atoms with Gasteiger partial charge in [0.25, 0.3) is 0 Å². The van der Waals surface area contributed by atoms with Crippen LogP contribution in [0.15, 0.2) is 11.2 Å². The van der Waals surface area contributed by atoms with Crippen molar-refractivity contribution in [1.29, 1.82) is 0 Å². The van der Waals surface area contributed by atoms with Crippen molar-refractivity contribution in [2.75, 3.05) is 49.9 Å². The average molecular weight is 321 g/mol. The topological polar surface area (TPSA) is 80.1 Å². The lowest BCUT2D eigenvalue weighted by Gasteiger charge is -2.28. The summed E-state index contributed by atoms with van der Waals surface area (Å²) in [6.45, 7) is 8.53. The molecule has 0 spiro atoms. The van der Waals surface area contributed by atoms with E-state index in [4.69, 9.17) is 9.47 Å². The second-order valence-electron chi connectivity index (χ2n) is 5.33. The normalized spacial score (nSPS) is 14.3. The molecule has 0 bridgehead atoms. The highest BCUT2D eigenvalue weighted by molar-refractivity contribution is 5.95. The molecule has 1 aromatic heterocycles. The quantitative estimate of drug-likeness (QED) is 0.459. The van der Waals surface area contributed by atoms with E-state index < -0.39 is 5.97 Å². The minimum Gasteiger partial charge on any atom is -0.462 e. The number of ether oxygens (including phenoxy) is 2. The molecule has 0 aliphatic carbocycles. The summed E-state index contributed by atoms with van der Waals surface area (Å²) in [4.78, 5) is 14.3. The molecule has 1 saturated heterocycles. The summed E-state index contributed by atoms with van der Waals surface area (Å²) in [5, 5.41) is 14.3. The lowest BCUT2D eigenvalue weighted by Crippen LogP contribution is -2.37. The number of morpholine rings is 1. The number of carbonyl (C=O) groups is 1. The van der Waals surface area contributed by atoms with Crippen molar-refractivity contribution < 1.29 is 14.3 Å². The Morgan fingerprint density at radius 3 is 2.70 bits per heavy atom. The lowest BCUT2D eigenvalue weighted by atomic mass is 10.2. The van der Waals surface area contributed by atoms with Gasteiger partial charge in [-0.1, -0.05) is 0 Å². The molecule has 2 rings (SSSR count). The van der Waals surface area contributed by atoms with Crippen LogP contribution in [-0.2, 0) is 9.47 Å². The Morgan fingerprint density at radius 2 is 2.09 bits per heavy atom. The second kappa shape index (κ2) is 7.87. The van der Waals surface area contributed by atoms with Crippen LogP contribution in [0.4, 0.5) is 11.6 Å². The van der Waals surface area contributed by atoms with Crippen molar-refractivity contribution >= 4 is 23.3 Å². The van der Waals surface area contributed by atoms with Crippen molar-refractivity contribution in [1.82, 2.24) is 10.2 Å². The van der Waals surface area contributed by atoms with Gasteiger partial charge in [-0.15, -0.1) is 10.2 Å². The van der Waals surface area contributed by atoms with Gasteiger partial charge in [-0.05, 0) is 20.8 Å². The Labute approximate surface area is 136 Å². The van der Waals surface area contributed by atoms with Crippen molar-refractivity contribution in [2.24, 2.45) is 5.10 Å². The summed E-state index contributed by atoms with van der Waals surface area (Å²) >= 11 is 0. The maximum Gasteiger partial charge on any atom is 0.342 e. The van der Waals surface area contributed by atoms with Crippen LogP contribution < -0.4 is 9.91 Å². The van der Waals surface area contributed by atoms with E-state index in [9.17, 15) is 4.79 Å². The third-order valence-corrected chi connectivity index (χ3v) is 3.25. The predicted octanol–water partition coefficient (Wildman–Crippen LogP) is 1.32. The lowest BCUT2D eigenvalue weighted by molar-refractivity contribution is 0.0526. The van der Waals surface area contributed by atoms with Crippen molar-refractivity contribution in [3.63, 3.8) is 0 Å². The van der Waals surface area contributed by atoms with Crippen LogP contribution >= 0.6 is 0 Å². The SMILES string of the molecule is CCOC(=O)c1cc(N2CCOCC2)nnc1N(C)N=C(C)C. The molecule has 0 atom stereocenters. The molecule has 8 nitrogen and oxygen atoms in total. The second-order valence-corrected chi connectivity index (χ2v) is 5.33. The predicted molar refractivity (Wildman–Crippen MR) is 88.2 cm³/mol. The molecule has 1 aliphatic rings. The molecule has 0 amide bonds. The van der Waals surface area contributed by atoms with Gasteiger partial charge in [-0.25, -0.2) is 9.80 Å². The summed E-state index contributed by atoms with van der Waals surface area (Å²) in [7, 11) is 1.73. The number of hydrazone groups is 1. The molecule has 126 valence electrons. The number of hydrogen-bond donors (Lipinski definition) is 0. The number of esters is 1. The van der Waals surface area contributed by atoms with E-state index >= 15 is 0 Å². The highest BCUT2D eigenvalue weighted by atomic mass is 16.5. The molecular weight excluding hydrogens is 298 g/mol. The van der Waals surface area contributed by atoms with Crippen LogP contribution in [0.3, 0.4) is 0 Å². The highest BCUT2D eigenvalue weighted by Crippen LogP contribution is 2.22. The molecule has 0 saturated carbocycles. The summed E-state index contributed by atoms with van der Waals surface area (Å²) in [6.07, 6.45) is 0. The van der Waals surface area contributed by atoms with Gasteiger partial charge in [0.2, 0.25) is 0 Å². The Bertz CT molecular complexity index is 580. The van der Waals surface area contributed by atoms with E-state index in [1.165, 1.54) is 5.01 Å². The Balaban J connectivity index is 2.37. The number of aromatic nitrogens is 2. The molecule has 0 aromatic carbocycles. The molecule has 0 unspecified atom stereocenters. The average Bonchev–Trinajstić information content (AvgIpc) is 2.54. The Morgan fingerprint density at radius 1 is 1.39 bits per heavy atom. The summed E-state index contributed by atoms with van der Waals surface area (Å²) in [6, 6.07) is 1.71. The van der Waals surface area contributed by atoms with Crippen LogP contribution in [0.1, 0.15) is 31.1 Å². The summed E-state index contributed by atoms with van der Waals surface area (Å²) in [5.74, 6) is 0.593. The van der Waals surface area contributed by atoms with Gasteiger partial charge in [0.05, 0.1) is 19.8 Å². The largest absolute Gasteiger partial charge is 0.462 e. The fourth-order valence-corrected chi connectivity index (χ4v) is 2.27. The van der Waals surface area contributed by atoms with Gasteiger partial charge >= 0.3 is 5.97 Å². The molecule has 1 aromatic rings. The molecular formula is C15H23N5O3. The zero-order chi connectivity index (χ0) is 16.8. The summed E-state index contributed by atoms with van der Waals surface area (Å²) in [5.41, 5.74) is 1.21. The van der Waals surface area contributed by atoms with Crippen LogP contribution in [0.5, 0.6) is 0 Å². The van der Waals surface area contributed by atoms with Crippen LogP contribution in [0.2, 0.25) is 0 Å². The van der Waals surface area contributed by atoms with Gasteiger partial charge in [-0.2, -0.15) is 5.10 Å². The van der Waals surface area contributed by atoms with Gasteiger partial charge < -0.3 is 14.4 Å². The minimum atomic E-state index is -0.428. The minimum absolute atomic E-state index is 0.299. The molecule has 2 heterocycles. The first-order valence-corrected chi connectivity index (χ1v) is 7.66. The first-order valence-electron chi connectivity index (χ1n) is 7.66. The van der Waals surface area contributed by atoms with Crippen LogP contribution in [0.25, 0.3) is 0 Å². The highest BCUT2D eigenvalue weighted by Gasteiger charge is 2.22. The third-order valence-electron chi connectivity index (χ3n) is 3.25. The number of rotatable bonds is 5. The van der Waals surface area contributed by atoms with E-state index in [0.29, 0.717) is 37.0 Å². The van der Waals surface area contributed by atoms with Crippen LogP contribution in [-0.4, -0.2) is 61.8 Å². The molecule has 0 N–H and O–H groups in total. The fraction of sp³-hybridized carbons (Fsp3) is 0.600. The first-order chi connectivity index (χ1) is 11.0. The number of nitrogens with zero attached hydrogens (tertiary/aromatic N) is 5. The molecule has 1 aliphatic heterocycles. The maximum atomic E-state index is 12.3. The molecule has 0 radical (unpaired) electrons. The van der Waals surface area contributed by atoms with E-state index in [1.807, 2.05) is 18.7 Å². The van der Waals surface area contributed by atoms with Crippen LogP contribution in [0, 0.1) is 0 Å². The zero-order valence-corrected chi connectivity index (χ0v) is 14.1. The first kappa shape index (κ1) is 17.1. The van der Waals surface area contributed by atoms with Gasteiger partial charge in [0.1, 0.15) is 5.56 Å². The van der Waals surface area contributed by atoms with E-state index in [0.717, 1.165) is 18.8 Å². The van der Waals surface area contributed by atoms with E-state index in [2.05, 4.69) is 15.3 Å². The van der Waals surface area contributed by atoms with Crippen molar-refractivity contribution in [3.05, 3.63) is 11.6 Å². The smallest absolute Gasteiger partial charge is 0.342 e. The van der Waals surface area contributed by atoms with Gasteiger partial charge in [0, 0.05) is 31.9 Å². The fourth-order valence-electron chi connectivity index (χ4n) is 2.27. The Kier molecular flexibility index (Phi) is 5.86. The van der Waals surface area contributed by atoms with Gasteiger partial charge in [-0.3, -0.25) is 0 Å². The van der Waals surface area contributed by atoms with Gasteiger partial charge in [0.15, 0.2) is 11.6 Å². The summed E-state index contributed by atoms with van der Waals surface area (Å²) < 4.78 is 10.5. The molecule has 23 heavy (non-hydrogen) atoms. The standard InChI is InChI=1S/C15H23N5O3/c1-5-23-15(21)12-10-13(20-6-8-22-9-7-20)16-17-14(12)19(4)18-11(2)3/h10H,5-9H2,1-4H3. The number of carbonyl (C=O) groups excluding carboxylic acids is 1. The van der Waals surface area contributed by atoms with Crippen molar-refractivity contribution in [3.8, 4) is 0 Å². The van der Waals surface area contributed by atoms with E-state index in [1.54, 1.807) is 20.0 Å². The van der Waals surface area contributed by atoms with Crippen molar-refractivity contribution in [2.45, 2.75) is 20.8 Å². The number of hydrogen-bond acceptors (Lipinski definition) is 8. The van der Waals surface area contributed by atoms with E-state index in [-0.39, 0.29) is 0 Å².